The molecule has 1 atom stereocenters. The second-order valence-electron chi connectivity index (χ2n) is 4.12. The summed E-state index contributed by atoms with van der Waals surface area (Å²) in [6.45, 7) is 2.19. The molecule has 6 nitrogen and oxygen atoms in total. The quantitative estimate of drug-likeness (QED) is 0.815. The lowest BCUT2D eigenvalue weighted by Crippen LogP contribution is -2.30. The number of benzene rings is 1. The summed E-state index contributed by atoms with van der Waals surface area (Å²) in [6.07, 6.45) is 0.497. The van der Waals surface area contributed by atoms with Crippen LogP contribution in [0.5, 0.6) is 0 Å². The zero-order valence-electron chi connectivity index (χ0n) is 10.5. The molecule has 0 aliphatic rings. The van der Waals surface area contributed by atoms with Crippen LogP contribution in [-0.4, -0.2) is 27.8 Å². The second-order valence-corrected chi connectivity index (χ2v) is 4.12. The van der Waals surface area contributed by atoms with Gasteiger partial charge in [0, 0.05) is 13.0 Å². The van der Waals surface area contributed by atoms with Crippen molar-refractivity contribution in [3.05, 3.63) is 47.6 Å². The average molecular weight is 261 g/mol. The minimum Gasteiger partial charge on any atom is -0.480 e. The Morgan fingerprint density at radius 3 is 2.74 bits per heavy atom. The van der Waals surface area contributed by atoms with Crippen molar-refractivity contribution in [3.8, 4) is 0 Å². The van der Waals surface area contributed by atoms with Gasteiger partial charge in [-0.1, -0.05) is 35.5 Å². The van der Waals surface area contributed by atoms with E-state index in [1.165, 1.54) is 0 Å². The summed E-state index contributed by atoms with van der Waals surface area (Å²) in [5.41, 5.74) is 0.719. The Labute approximate surface area is 110 Å². The summed E-state index contributed by atoms with van der Waals surface area (Å²) in [6, 6.07) is 8.31. The molecule has 1 unspecified atom stereocenters. The zero-order valence-corrected chi connectivity index (χ0v) is 10.5. The molecule has 0 saturated carbocycles. The number of nitrogens with one attached hydrogen (secondary N) is 1. The average Bonchev–Trinajstić information content (AvgIpc) is 2.81. The van der Waals surface area contributed by atoms with Crippen LogP contribution >= 0.6 is 0 Å². The Kier molecular flexibility index (Phi) is 4.25. The number of hydrogen-bond donors (Lipinski definition) is 2. The third-order valence-corrected chi connectivity index (χ3v) is 2.64. The van der Waals surface area contributed by atoms with Crippen molar-refractivity contribution < 1.29 is 14.4 Å². The van der Waals surface area contributed by atoms with Crippen molar-refractivity contribution in [1.29, 1.82) is 0 Å². The van der Waals surface area contributed by atoms with E-state index in [4.69, 9.17) is 4.52 Å². The molecule has 19 heavy (non-hydrogen) atoms. The van der Waals surface area contributed by atoms with E-state index < -0.39 is 12.0 Å². The first-order valence-corrected chi connectivity index (χ1v) is 5.97. The molecular formula is C13H15N3O3. The van der Waals surface area contributed by atoms with Gasteiger partial charge in [0.1, 0.15) is 6.04 Å². The first-order chi connectivity index (χ1) is 9.16. The maximum Gasteiger partial charge on any atom is 0.325 e. The Morgan fingerprint density at radius 2 is 2.16 bits per heavy atom. The zero-order chi connectivity index (χ0) is 13.7. The standard InChI is InChI=1S/C13H15N3O3/c1-9-15-11(19-16-9)7-8-14-12(13(17)18)10-5-3-2-4-6-10/h2-6,12,14H,7-8H2,1H3,(H,17,18). The Balaban J connectivity index is 1.93. The number of nitrogens with zero attached hydrogens (tertiary/aromatic N) is 2. The van der Waals surface area contributed by atoms with Gasteiger partial charge in [-0.25, -0.2) is 0 Å². The molecular weight excluding hydrogens is 246 g/mol. The van der Waals surface area contributed by atoms with Crippen molar-refractivity contribution in [2.45, 2.75) is 19.4 Å². The molecule has 0 amide bonds. The highest BCUT2D eigenvalue weighted by molar-refractivity contribution is 5.75. The van der Waals surface area contributed by atoms with Gasteiger partial charge < -0.3 is 14.9 Å². The van der Waals surface area contributed by atoms with Gasteiger partial charge in [0.15, 0.2) is 5.82 Å². The van der Waals surface area contributed by atoms with Crippen LogP contribution in [0.1, 0.15) is 23.3 Å². The van der Waals surface area contributed by atoms with Crippen LogP contribution in [0.4, 0.5) is 0 Å². The lowest BCUT2D eigenvalue weighted by Gasteiger charge is -2.13. The molecule has 2 aromatic rings. The first-order valence-electron chi connectivity index (χ1n) is 5.97. The van der Waals surface area contributed by atoms with Crippen LogP contribution in [-0.2, 0) is 11.2 Å². The Bertz CT molecular complexity index is 539. The van der Waals surface area contributed by atoms with Gasteiger partial charge in [-0.05, 0) is 12.5 Å². The molecule has 1 heterocycles. The molecule has 1 aromatic heterocycles. The SMILES string of the molecule is Cc1noc(CCNC(C(=O)O)c2ccccc2)n1. The molecule has 0 radical (unpaired) electrons. The van der Waals surface area contributed by atoms with Gasteiger partial charge in [0.25, 0.3) is 0 Å². The van der Waals surface area contributed by atoms with E-state index in [0.717, 1.165) is 5.56 Å². The molecule has 1 aromatic carbocycles. The minimum absolute atomic E-state index is 0.452. The fraction of sp³-hybridized carbons (Fsp3) is 0.308. The van der Waals surface area contributed by atoms with E-state index in [-0.39, 0.29) is 0 Å². The highest BCUT2D eigenvalue weighted by Gasteiger charge is 2.18. The van der Waals surface area contributed by atoms with Crippen molar-refractivity contribution >= 4 is 5.97 Å². The molecule has 6 heteroatoms. The minimum atomic E-state index is -0.909. The molecule has 100 valence electrons. The summed E-state index contributed by atoms with van der Waals surface area (Å²) in [4.78, 5) is 15.3. The highest BCUT2D eigenvalue weighted by Crippen LogP contribution is 2.12. The van der Waals surface area contributed by atoms with Gasteiger partial charge in [-0.15, -0.1) is 0 Å². The Morgan fingerprint density at radius 1 is 1.42 bits per heavy atom. The molecule has 0 aliphatic carbocycles. The van der Waals surface area contributed by atoms with Crippen molar-refractivity contribution in [3.63, 3.8) is 0 Å². The number of carboxylic acids is 1. The number of hydrogen-bond acceptors (Lipinski definition) is 5. The van der Waals surface area contributed by atoms with Gasteiger partial charge in [-0.2, -0.15) is 4.98 Å². The molecule has 2 N–H and O–H groups in total. The monoisotopic (exact) mass is 261 g/mol. The lowest BCUT2D eigenvalue weighted by molar-refractivity contribution is -0.139. The lowest BCUT2D eigenvalue weighted by atomic mass is 10.1. The largest absolute Gasteiger partial charge is 0.480 e. The molecule has 0 aliphatic heterocycles. The Hall–Kier alpha value is -2.21. The third-order valence-electron chi connectivity index (χ3n) is 2.64. The summed E-state index contributed by atoms with van der Waals surface area (Å²) in [5.74, 6) is 0.169. The van der Waals surface area contributed by atoms with E-state index >= 15 is 0 Å². The number of aliphatic carboxylic acids is 1. The third kappa shape index (κ3) is 3.62. The summed E-state index contributed by atoms with van der Waals surface area (Å²) < 4.78 is 4.96. The number of carboxylic acid groups (broad SMARTS) is 1. The van der Waals surface area contributed by atoms with Gasteiger partial charge in [0.05, 0.1) is 0 Å². The van der Waals surface area contributed by atoms with Gasteiger partial charge in [0.2, 0.25) is 5.89 Å². The van der Waals surface area contributed by atoms with E-state index in [1.807, 2.05) is 18.2 Å². The number of rotatable bonds is 6. The number of aryl methyl sites for hydroxylation is 1. The van der Waals surface area contributed by atoms with E-state index in [1.54, 1.807) is 19.1 Å². The molecule has 0 bridgehead atoms. The molecule has 0 spiro atoms. The van der Waals surface area contributed by atoms with Crippen molar-refractivity contribution in [2.75, 3.05) is 6.54 Å². The van der Waals surface area contributed by atoms with Gasteiger partial charge >= 0.3 is 5.97 Å². The topological polar surface area (TPSA) is 88.2 Å². The van der Waals surface area contributed by atoms with E-state index in [0.29, 0.717) is 24.7 Å². The maximum atomic E-state index is 11.2. The maximum absolute atomic E-state index is 11.2. The fourth-order valence-corrected chi connectivity index (χ4v) is 1.76. The smallest absolute Gasteiger partial charge is 0.325 e. The normalized spacial score (nSPS) is 12.3. The predicted octanol–water partition coefficient (Wildman–Crippen LogP) is 1.34. The van der Waals surface area contributed by atoms with E-state index in [2.05, 4.69) is 15.5 Å². The van der Waals surface area contributed by atoms with Crippen LogP contribution in [0.25, 0.3) is 0 Å². The molecule has 0 fully saturated rings. The summed E-state index contributed by atoms with van der Waals surface area (Å²) in [5, 5.41) is 15.9. The fourth-order valence-electron chi connectivity index (χ4n) is 1.76. The van der Waals surface area contributed by atoms with Crippen molar-refractivity contribution in [2.24, 2.45) is 0 Å². The van der Waals surface area contributed by atoms with Crippen LogP contribution in [0.3, 0.4) is 0 Å². The van der Waals surface area contributed by atoms with Gasteiger partial charge in [-0.3, -0.25) is 4.79 Å². The first kappa shape index (κ1) is 13.2. The van der Waals surface area contributed by atoms with Crippen LogP contribution < -0.4 is 5.32 Å². The summed E-state index contributed by atoms with van der Waals surface area (Å²) in [7, 11) is 0. The number of aromatic nitrogens is 2. The van der Waals surface area contributed by atoms with Crippen molar-refractivity contribution in [1.82, 2.24) is 15.5 Å². The number of carbonyl (C=O) groups is 1. The van der Waals surface area contributed by atoms with E-state index in [9.17, 15) is 9.90 Å². The molecule has 0 saturated heterocycles. The van der Waals surface area contributed by atoms with Crippen LogP contribution in [0, 0.1) is 6.92 Å². The van der Waals surface area contributed by atoms with Crippen LogP contribution in [0.2, 0.25) is 0 Å². The predicted molar refractivity (Wildman–Crippen MR) is 67.6 cm³/mol. The summed E-state index contributed by atoms with van der Waals surface area (Å²) >= 11 is 0. The second kappa shape index (κ2) is 6.10. The molecule has 2 rings (SSSR count). The highest BCUT2D eigenvalue weighted by atomic mass is 16.5. The van der Waals surface area contributed by atoms with Crippen LogP contribution in [0.15, 0.2) is 34.9 Å².